The fourth-order valence-electron chi connectivity index (χ4n) is 0.844. The molecule has 0 aromatic carbocycles. The fraction of sp³-hybridized carbons (Fsp3) is 0.900. The van der Waals surface area contributed by atoms with Crippen LogP contribution in [0.4, 0.5) is 0 Å². The molecule has 0 aliphatic carbocycles. The van der Waals surface area contributed by atoms with E-state index >= 15 is 0 Å². The zero-order valence-corrected chi connectivity index (χ0v) is 8.68. The molecule has 0 rings (SSSR count). The van der Waals surface area contributed by atoms with Crippen LogP contribution < -0.4 is 5.32 Å². The molecule has 0 bridgehead atoms. The maximum Gasteiger partial charge on any atom is 0.222 e. The first-order valence-electron chi connectivity index (χ1n) is 4.85. The van der Waals surface area contributed by atoms with Crippen molar-refractivity contribution in [2.24, 2.45) is 11.8 Å². The highest BCUT2D eigenvalue weighted by Crippen LogP contribution is 2.01. The Hall–Kier alpha value is -0.530. The second kappa shape index (κ2) is 6.04. The van der Waals surface area contributed by atoms with Crippen molar-refractivity contribution in [3.8, 4) is 0 Å². The highest BCUT2D eigenvalue weighted by Gasteiger charge is 2.08. The van der Waals surface area contributed by atoms with Crippen molar-refractivity contribution in [2.45, 2.75) is 40.5 Å². The van der Waals surface area contributed by atoms with Gasteiger partial charge in [-0.3, -0.25) is 4.79 Å². The van der Waals surface area contributed by atoms with Crippen molar-refractivity contribution in [3.05, 3.63) is 0 Å². The molecule has 12 heavy (non-hydrogen) atoms. The molecule has 1 amide bonds. The lowest BCUT2D eigenvalue weighted by atomic mass is 10.1. The van der Waals surface area contributed by atoms with E-state index in [9.17, 15) is 4.79 Å². The normalized spacial score (nSPS) is 13.1. The third-order valence-corrected chi connectivity index (χ3v) is 2.08. The van der Waals surface area contributed by atoms with Gasteiger partial charge >= 0.3 is 0 Å². The van der Waals surface area contributed by atoms with E-state index < -0.39 is 0 Å². The number of rotatable bonds is 5. The van der Waals surface area contributed by atoms with Crippen molar-refractivity contribution >= 4 is 5.91 Å². The summed E-state index contributed by atoms with van der Waals surface area (Å²) in [4.78, 5) is 11.2. The summed E-state index contributed by atoms with van der Waals surface area (Å²) in [6.07, 6.45) is 2.00. The van der Waals surface area contributed by atoms with Crippen LogP contribution in [0, 0.1) is 11.8 Å². The molecule has 1 N–H and O–H groups in total. The molecule has 0 radical (unpaired) electrons. The Bertz CT molecular complexity index is 132. The first-order valence-corrected chi connectivity index (χ1v) is 4.85. The smallest absolute Gasteiger partial charge is 0.222 e. The minimum Gasteiger partial charge on any atom is -0.356 e. The highest BCUT2D eigenvalue weighted by molar-refractivity contribution is 5.78. The van der Waals surface area contributed by atoms with E-state index in [-0.39, 0.29) is 11.8 Å². The Labute approximate surface area is 75.7 Å². The van der Waals surface area contributed by atoms with E-state index in [0.717, 1.165) is 19.4 Å². The molecule has 0 aromatic heterocycles. The van der Waals surface area contributed by atoms with Gasteiger partial charge in [-0.05, 0) is 18.8 Å². The van der Waals surface area contributed by atoms with Gasteiger partial charge in [0.25, 0.3) is 0 Å². The van der Waals surface area contributed by atoms with Gasteiger partial charge in [0.15, 0.2) is 0 Å². The SMILES string of the molecule is CCC(C)C(=O)NCCC(C)C. The van der Waals surface area contributed by atoms with Gasteiger partial charge in [0.05, 0.1) is 0 Å². The summed E-state index contributed by atoms with van der Waals surface area (Å²) in [6, 6.07) is 0. The van der Waals surface area contributed by atoms with Gasteiger partial charge in [0, 0.05) is 12.5 Å². The summed E-state index contributed by atoms with van der Waals surface area (Å²) in [5.41, 5.74) is 0. The van der Waals surface area contributed by atoms with Crippen LogP contribution in [0.25, 0.3) is 0 Å². The van der Waals surface area contributed by atoms with Crippen LogP contribution in [0.15, 0.2) is 0 Å². The molecule has 1 unspecified atom stereocenters. The molecule has 2 nitrogen and oxygen atoms in total. The molecule has 0 heterocycles. The van der Waals surface area contributed by atoms with Crippen LogP contribution >= 0.6 is 0 Å². The Morgan fingerprint density at radius 2 is 1.92 bits per heavy atom. The van der Waals surface area contributed by atoms with Gasteiger partial charge < -0.3 is 5.32 Å². The maximum atomic E-state index is 11.2. The van der Waals surface area contributed by atoms with Gasteiger partial charge in [-0.1, -0.05) is 27.7 Å². The number of carbonyl (C=O) groups is 1. The van der Waals surface area contributed by atoms with Gasteiger partial charge in [-0.2, -0.15) is 0 Å². The van der Waals surface area contributed by atoms with E-state index in [1.807, 2.05) is 13.8 Å². The minimum absolute atomic E-state index is 0.164. The molecule has 0 aliphatic heterocycles. The maximum absolute atomic E-state index is 11.2. The fourth-order valence-corrected chi connectivity index (χ4v) is 0.844. The molecule has 0 aliphatic rings. The van der Waals surface area contributed by atoms with E-state index in [1.165, 1.54) is 0 Å². The molecular formula is C10H21NO. The van der Waals surface area contributed by atoms with Gasteiger partial charge in [0.2, 0.25) is 5.91 Å². The van der Waals surface area contributed by atoms with Crippen LogP contribution in [0.2, 0.25) is 0 Å². The molecule has 1 atom stereocenters. The van der Waals surface area contributed by atoms with Crippen LogP contribution in [-0.2, 0) is 4.79 Å². The zero-order chi connectivity index (χ0) is 9.56. The average Bonchev–Trinajstić information content (AvgIpc) is 2.02. The second-order valence-corrected chi connectivity index (χ2v) is 3.78. The minimum atomic E-state index is 0.164. The topological polar surface area (TPSA) is 29.1 Å². The van der Waals surface area contributed by atoms with Crippen LogP contribution in [0.5, 0.6) is 0 Å². The number of carbonyl (C=O) groups excluding carboxylic acids is 1. The van der Waals surface area contributed by atoms with Crippen LogP contribution in [0.1, 0.15) is 40.5 Å². The molecule has 0 saturated carbocycles. The van der Waals surface area contributed by atoms with E-state index in [1.54, 1.807) is 0 Å². The van der Waals surface area contributed by atoms with Crippen molar-refractivity contribution in [3.63, 3.8) is 0 Å². The zero-order valence-electron chi connectivity index (χ0n) is 8.68. The van der Waals surface area contributed by atoms with Gasteiger partial charge in [-0.15, -0.1) is 0 Å². The Morgan fingerprint density at radius 3 is 2.33 bits per heavy atom. The summed E-state index contributed by atoms with van der Waals surface area (Å²) in [5, 5.41) is 2.93. The lowest BCUT2D eigenvalue weighted by Gasteiger charge is -2.10. The quantitative estimate of drug-likeness (QED) is 0.675. The highest BCUT2D eigenvalue weighted by atomic mass is 16.1. The Morgan fingerprint density at radius 1 is 1.33 bits per heavy atom. The first kappa shape index (κ1) is 11.5. The monoisotopic (exact) mass is 171 g/mol. The van der Waals surface area contributed by atoms with Crippen LogP contribution in [-0.4, -0.2) is 12.5 Å². The van der Waals surface area contributed by atoms with E-state index in [2.05, 4.69) is 19.2 Å². The number of amides is 1. The summed E-state index contributed by atoms with van der Waals surface area (Å²) in [7, 11) is 0. The molecule has 0 fully saturated rings. The van der Waals surface area contributed by atoms with E-state index in [4.69, 9.17) is 0 Å². The van der Waals surface area contributed by atoms with Crippen molar-refractivity contribution in [1.29, 1.82) is 0 Å². The molecule has 0 spiro atoms. The Kier molecular flexibility index (Phi) is 5.77. The third-order valence-electron chi connectivity index (χ3n) is 2.08. The van der Waals surface area contributed by atoms with Gasteiger partial charge in [0.1, 0.15) is 0 Å². The number of hydrogen-bond donors (Lipinski definition) is 1. The van der Waals surface area contributed by atoms with Crippen LogP contribution in [0.3, 0.4) is 0 Å². The van der Waals surface area contributed by atoms with Crippen molar-refractivity contribution in [2.75, 3.05) is 6.54 Å². The summed E-state index contributed by atoms with van der Waals surface area (Å²) in [6.45, 7) is 9.14. The molecule has 0 aromatic rings. The molecule has 0 saturated heterocycles. The largest absolute Gasteiger partial charge is 0.356 e. The third kappa shape index (κ3) is 5.16. The predicted molar refractivity (Wildman–Crippen MR) is 51.9 cm³/mol. The number of nitrogens with one attached hydrogen (secondary N) is 1. The molecular weight excluding hydrogens is 150 g/mol. The summed E-state index contributed by atoms with van der Waals surface area (Å²) in [5.74, 6) is 1.03. The predicted octanol–water partition coefficient (Wildman–Crippen LogP) is 2.19. The number of hydrogen-bond acceptors (Lipinski definition) is 1. The van der Waals surface area contributed by atoms with Crippen molar-refractivity contribution < 1.29 is 4.79 Å². The second-order valence-electron chi connectivity index (χ2n) is 3.78. The summed E-state index contributed by atoms with van der Waals surface area (Å²) >= 11 is 0. The Balaban J connectivity index is 3.44. The standard InChI is InChI=1S/C10H21NO/c1-5-9(4)10(12)11-7-6-8(2)3/h8-9H,5-7H2,1-4H3,(H,11,12). The summed E-state index contributed by atoms with van der Waals surface area (Å²) < 4.78 is 0. The van der Waals surface area contributed by atoms with Crippen molar-refractivity contribution in [1.82, 2.24) is 5.32 Å². The lowest BCUT2D eigenvalue weighted by molar-refractivity contribution is -0.124. The lowest BCUT2D eigenvalue weighted by Crippen LogP contribution is -2.30. The van der Waals surface area contributed by atoms with E-state index in [0.29, 0.717) is 5.92 Å². The molecule has 72 valence electrons. The molecule has 2 heteroatoms. The average molecular weight is 171 g/mol. The van der Waals surface area contributed by atoms with Gasteiger partial charge in [-0.25, -0.2) is 0 Å². The first-order chi connectivity index (χ1) is 5.57.